The summed E-state index contributed by atoms with van der Waals surface area (Å²) in [5, 5.41) is 4.44. The number of hydrogen-bond acceptors (Lipinski definition) is 5. The number of hydrazone groups is 1. The van der Waals surface area contributed by atoms with Crippen LogP contribution in [-0.4, -0.2) is 28.0 Å². The molecule has 7 nitrogen and oxygen atoms in total. The smallest absolute Gasteiger partial charge is 0.271 e. The Labute approximate surface area is 191 Å². The minimum absolute atomic E-state index is 0.184. The number of rotatable bonds is 5. The number of aldehydes is 1. The second-order valence-electron chi connectivity index (χ2n) is 6.99. The van der Waals surface area contributed by atoms with Crippen LogP contribution < -0.4 is 11.0 Å². The van der Waals surface area contributed by atoms with Crippen LogP contribution in [0.3, 0.4) is 0 Å². The SMILES string of the molecule is Cc1nc2ccc(Br)cc2c(=O)n1-c1ccc(C(=O)N/N=C\c2ccc(C=O)cc2)cc1. The Bertz CT molecular complexity index is 1410. The molecule has 0 bridgehead atoms. The molecule has 3 aromatic carbocycles. The molecule has 0 saturated carbocycles. The van der Waals surface area contributed by atoms with Gasteiger partial charge in [0, 0.05) is 15.6 Å². The van der Waals surface area contributed by atoms with Crippen LogP contribution in [0.1, 0.15) is 32.1 Å². The largest absolute Gasteiger partial charge is 0.298 e. The van der Waals surface area contributed by atoms with Gasteiger partial charge >= 0.3 is 0 Å². The summed E-state index contributed by atoms with van der Waals surface area (Å²) in [5.74, 6) is 0.161. The zero-order chi connectivity index (χ0) is 22.7. The molecule has 1 amide bonds. The number of aromatic nitrogens is 2. The van der Waals surface area contributed by atoms with E-state index in [-0.39, 0.29) is 11.5 Å². The first-order valence-electron chi connectivity index (χ1n) is 9.64. The highest BCUT2D eigenvalue weighted by Gasteiger charge is 2.11. The van der Waals surface area contributed by atoms with Crippen molar-refractivity contribution in [1.82, 2.24) is 15.0 Å². The molecule has 0 aliphatic heterocycles. The van der Waals surface area contributed by atoms with Crippen LogP contribution in [0.25, 0.3) is 16.6 Å². The van der Waals surface area contributed by atoms with Gasteiger partial charge in [-0.1, -0.05) is 40.2 Å². The van der Waals surface area contributed by atoms with Gasteiger partial charge in [0.15, 0.2) is 0 Å². The van der Waals surface area contributed by atoms with Crippen molar-refractivity contribution in [2.24, 2.45) is 5.10 Å². The molecule has 0 saturated heterocycles. The van der Waals surface area contributed by atoms with E-state index in [2.05, 4.69) is 31.4 Å². The zero-order valence-corrected chi connectivity index (χ0v) is 18.5. The highest BCUT2D eigenvalue weighted by molar-refractivity contribution is 9.10. The standard InChI is InChI=1S/C24H17BrN4O3/c1-15-27-22-11-8-19(25)12-21(22)24(32)29(15)20-9-6-18(7-10-20)23(31)28-26-13-16-2-4-17(14-30)5-3-16/h2-14H,1H3,(H,28,31)/b26-13-. The molecule has 0 atom stereocenters. The average molecular weight is 489 g/mol. The van der Waals surface area contributed by atoms with E-state index in [9.17, 15) is 14.4 Å². The van der Waals surface area contributed by atoms with Crippen LogP contribution in [0.15, 0.2) is 81.1 Å². The van der Waals surface area contributed by atoms with Crippen LogP contribution in [0.4, 0.5) is 0 Å². The summed E-state index contributed by atoms with van der Waals surface area (Å²) in [5.41, 5.74) is 5.22. The summed E-state index contributed by atoms with van der Waals surface area (Å²) >= 11 is 3.39. The lowest BCUT2D eigenvalue weighted by Crippen LogP contribution is -2.22. The Hall–Kier alpha value is -3.91. The molecule has 0 radical (unpaired) electrons. The quantitative estimate of drug-likeness (QED) is 0.260. The van der Waals surface area contributed by atoms with Crippen molar-refractivity contribution in [3.8, 4) is 5.69 Å². The third-order valence-electron chi connectivity index (χ3n) is 4.84. The maximum Gasteiger partial charge on any atom is 0.271 e. The minimum Gasteiger partial charge on any atom is -0.298 e. The fraction of sp³-hybridized carbons (Fsp3) is 0.0417. The molecule has 0 spiro atoms. The highest BCUT2D eigenvalue weighted by atomic mass is 79.9. The molecule has 0 unspecified atom stereocenters. The predicted molar refractivity (Wildman–Crippen MR) is 127 cm³/mol. The van der Waals surface area contributed by atoms with E-state index in [1.807, 2.05) is 6.07 Å². The fourth-order valence-corrected chi connectivity index (χ4v) is 3.59. The van der Waals surface area contributed by atoms with Crippen molar-refractivity contribution < 1.29 is 9.59 Å². The van der Waals surface area contributed by atoms with Gasteiger partial charge in [-0.25, -0.2) is 10.4 Å². The van der Waals surface area contributed by atoms with Crippen molar-refractivity contribution in [3.63, 3.8) is 0 Å². The monoisotopic (exact) mass is 488 g/mol. The van der Waals surface area contributed by atoms with Crippen molar-refractivity contribution in [2.45, 2.75) is 6.92 Å². The molecule has 158 valence electrons. The molecule has 32 heavy (non-hydrogen) atoms. The second kappa shape index (κ2) is 9.07. The second-order valence-corrected chi connectivity index (χ2v) is 7.91. The van der Waals surface area contributed by atoms with Gasteiger partial charge in [-0.3, -0.25) is 19.0 Å². The Morgan fingerprint density at radius 1 is 1.03 bits per heavy atom. The van der Waals surface area contributed by atoms with Crippen LogP contribution >= 0.6 is 15.9 Å². The molecular weight excluding hydrogens is 472 g/mol. The topological polar surface area (TPSA) is 93.4 Å². The van der Waals surface area contributed by atoms with Gasteiger partial charge in [-0.05, 0) is 55.0 Å². The zero-order valence-electron chi connectivity index (χ0n) is 16.9. The van der Waals surface area contributed by atoms with E-state index < -0.39 is 0 Å². The van der Waals surface area contributed by atoms with Crippen molar-refractivity contribution >= 4 is 45.2 Å². The van der Waals surface area contributed by atoms with Gasteiger partial charge in [0.05, 0.1) is 22.8 Å². The van der Waals surface area contributed by atoms with Crippen LogP contribution in [0.5, 0.6) is 0 Å². The number of nitrogens with one attached hydrogen (secondary N) is 1. The first kappa shape index (κ1) is 21.3. The van der Waals surface area contributed by atoms with Crippen molar-refractivity contribution in [1.29, 1.82) is 0 Å². The molecular formula is C24H17BrN4O3. The van der Waals surface area contributed by atoms with E-state index in [0.29, 0.717) is 33.5 Å². The van der Waals surface area contributed by atoms with Crippen molar-refractivity contribution in [3.05, 3.63) is 104 Å². The number of amides is 1. The van der Waals surface area contributed by atoms with Gasteiger partial charge in [0.1, 0.15) is 12.1 Å². The first-order chi connectivity index (χ1) is 15.5. The number of hydrogen-bond donors (Lipinski definition) is 1. The van der Waals surface area contributed by atoms with E-state index in [1.165, 1.54) is 10.8 Å². The molecule has 0 aliphatic rings. The minimum atomic E-state index is -0.387. The lowest BCUT2D eigenvalue weighted by atomic mass is 10.2. The van der Waals surface area contributed by atoms with Crippen LogP contribution in [-0.2, 0) is 0 Å². The molecule has 1 aromatic heterocycles. The van der Waals surface area contributed by atoms with E-state index in [4.69, 9.17) is 0 Å². The molecule has 1 heterocycles. The van der Waals surface area contributed by atoms with Crippen molar-refractivity contribution in [2.75, 3.05) is 0 Å². The van der Waals surface area contributed by atoms with Gasteiger partial charge in [0.2, 0.25) is 0 Å². The maximum atomic E-state index is 13.0. The molecule has 4 aromatic rings. The van der Waals surface area contributed by atoms with E-state index in [0.717, 1.165) is 16.3 Å². The molecule has 0 fully saturated rings. The van der Waals surface area contributed by atoms with Crippen LogP contribution in [0, 0.1) is 6.92 Å². The number of carbonyl (C=O) groups excluding carboxylic acids is 2. The maximum absolute atomic E-state index is 13.0. The molecule has 4 rings (SSSR count). The van der Waals surface area contributed by atoms with E-state index in [1.54, 1.807) is 67.6 Å². The Kier molecular flexibility index (Phi) is 6.04. The van der Waals surface area contributed by atoms with E-state index >= 15 is 0 Å². The highest BCUT2D eigenvalue weighted by Crippen LogP contribution is 2.18. The fourth-order valence-electron chi connectivity index (χ4n) is 3.23. The number of benzene rings is 3. The third-order valence-corrected chi connectivity index (χ3v) is 5.33. The summed E-state index contributed by atoms with van der Waals surface area (Å²) in [6.07, 6.45) is 2.25. The summed E-state index contributed by atoms with van der Waals surface area (Å²) < 4.78 is 2.31. The van der Waals surface area contributed by atoms with Gasteiger partial charge < -0.3 is 0 Å². The Morgan fingerprint density at radius 3 is 2.41 bits per heavy atom. The summed E-state index contributed by atoms with van der Waals surface area (Å²) in [6.45, 7) is 1.76. The van der Waals surface area contributed by atoms with Gasteiger partial charge in [-0.15, -0.1) is 0 Å². The lowest BCUT2D eigenvalue weighted by Gasteiger charge is -2.11. The lowest BCUT2D eigenvalue weighted by molar-refractivity contribution is 0.0955. The third kappa shape index (κ3) is 4.40. The normalized spacial score (nSPS) is 11.1. The predicted octanol–water partition coefficient (Wildman–Crippen LogP) is 4.03. The number of carbonyl (C=O) groups is 2. The number of aryl methyl sites for hydroxylation is 1. The number of fused-ring (bicyclic) bond motifs is 1. The number of halogens is 1. The molecule has 1 N–H and O–H groups in total. The number of nitrogens with zero attached hydrogens (tertiary/aromatic N) is 3. The molecule has 8 heteroatoms. The van der Waals surface area contributed by atoms with Crippen LogP contribution in [0.2, 0.25) is 0 Å². The summed E-state index contributed by atoms with van der Waals surface area (Å²) in [4.78, 5) is 40.6. The van der Waals surface area contributed by atoms with Gasteiger partial charge in [0.25, 0.3) is 11.5 Å². The Morgan fingerprint density at radius 2 is 1.72 bits per heavy atom. The summed E-state index contributed by atoms with van der Waals surface area (Å²) in [7, 11) is 0. The van der Waals surface area contributed by atoms with Gasteiger partial charge in [-0.2, -0.15) is 5.10 Å². The molecule has 0 aliphatic carbocycles. The first-order valence-corrected chi connectivity index (χ1v) is 10.4. The average Bonchev–Trinajstić information content (AvgIpc) is 2.80. The summed E-state index contributed by atoms with van der Waals surface area (Å²) in [6, 6.07) is 18.8. The Balaban J connectivity index is 1.54.